The van der Waals surface area contributed by atoms with Crippen LogP contribution in [0, 0.1) is 6.92 Å². The van der Waals surface area contributed by atoms with Crippen molar-refractivity contribution in [3.8, 4) is 0 Å². The van der Waals surface area contributed by atoms with Gasteiger partial charge in [-0.1, -0.05) is 17.7 Å². The minimum atomic E-state index is -1.19. The van der Waals surface area contributed by atoms with E-state index in [-0.39, 0.29) is 22.4 Å². The van der Waals surface area contributed by atoms with Gasteiger partial charge in [0.05, 0.1) is 41.1 Å². The molecule has 0 amide bonds. The molecule has 1 atom stereocenters. The lowest BCUT2D eigenvalue weighted by Gasteiger charge is -2.23. The summed E-state index contributed by atoms with van der Waals surface area (Å²) in [6.07, 6.45) is 1.84. The van der Waals surface area contributed by atoms with Crippen molar-refractivity contribution in [2.75, 3.05) is 10.2 Å². The van der Waals surface area contributed by atoms with Crippen molar-refractivity contribution in [3.05, 3.63) is 74.0 Å². The molecule has 1 aliphatic heterocycles. The van der Waals surface area contributed by atoms with Crippen molar-refractivity contribution in [1.29, 1.82) is 0 Å². The Bertz CT molecular complexity index is 1560. The Morgan fingerprint density at radius 3 is 2.69 bits per heavy atom. The number of hydrogen-bond donors (Lipinski definition) is 2. The SMILES string of the molecule is Cc1cc([C@H](C)Nc2ccc(Cl)nc2C(=O)O)c2nc(N3Cc4cnn(C)c4C3)n(C)c(=O)c2c1. The summed E-state index contributed by atoms with van der Waals surface area (Å²) < 4.78 is 3.42. The second-order valence-electron chi connectivity index (χ2n) is 8.82. The number of carboxylic acid groups (broad SMARTS) is 1. The second-order valence-corrected chi connectivity index (χ2v) is 9.21. The number of aryl methyl sites for hydroxylation is 2. The standard InChI is InChI=1S/C24H24ClN7O3/c1-12-7-15(13(2)27-17-5-6-19(25)28-21(17)23(34)35)20-16(8-12)22(33)30(3)24(29-20)32-10-14-9-26-31(4)18(14)11-32/h5-9,13,27H,10-11H2,1-4H3,(H,34,35)/t13-/m0/s1. The van der Waals surface area contributed by atoms with E-state index in [1.807, 2.05) is 43.9 Å². The first-order chi connectivity index (χ1) is 16.6. The predicted molar refractivity (Wildman–Crippen MR) is 133 cm³/mol. The van der Waals surface area contributed by atoms with Crippen molar-refractivity contribution in [3.63, 3.8) is 0 Å². The summed E-state index contributed by atoms with van der Waals surface area (Å²) in [6.45, 7) is 5.03. The van der Waals surface area contributed by atoms with E-state index in [1.54, 1.807) is 17.7 Å². The summed E-state index contributed by atoms with van der Waals surface area (Å²) in [5.74, 6) is -0.621. The zero-order chi connectivity index (χ0) is 25.0. The average molecular weight is 494 g/mol. The van der Waals surface area contributed by atoms with Gasteiger partial charge >= 0.3 is 5.97 Å². The highest BCUT2D eigenvalue weighted by Crippen LogP contribution is 2.31. The summed E-state index contributed by atoms with van der Waals surface area (Å²) in [6, 6.07) is 6.54. The number of pyridine rings is 1. The number of rotatable bonds is 5. The average Bonchev–Trinajstić information content (AvgIpc) is 3.39. The number of carbonyl (C=O) groups is 1. The highest BCUT2D eigenvalue weighted by atomic mass is 35.5. The lowest BCUT2D eigenvalue weighted by molar-refractivity contribution is 0.0691. The maximum atomic E-state index is 13.4. The normalized spacial score (nSPS) is 13.8. The van der Waals surface area contributed by atoms with Crippen molar-refractivity contribution in [2.45, 2.75) is 33.0 Å². The van der Waals surface area contributed by atoms with E-state index in [1.165, 1.54) is 6.07 Å². The number of benzene rings is 1. The number of nitrogens with zero attached hydrogens (tertiary/aromatic N) is 6. The zero-order valence-electron chi connectivity index (χ0n) is 19.7. The van der Waals surface area contributed by atoms with Crippen molar-refractivity contribution in [2.24, 2.45) is 14.1 Å². The van der Waals surface area contributed by atoms with Gasteiger partial charge in [0.1, 0.15) is 5.15 Å². The van der Waals surface area contributed by atoms with Crippen molar-refractivity contribution < 1.29 is 9.90 Å². The van der Waals surface area contributed by atoms with Crippen LogP contribution in [-0.2, 0) is 27.2 Å². The Labute approximate surface area is 205 Å². The van der Waals surface area contributed by atoms with Gasteiger partial charge in [0, 0.05) is 31.8 Å². The van der Waals surface area contributed by atoms with Gasteiger partial charge in [0.15, 0.2) is 5.69 Å². The first kappa shape index (κ1) is 22.9. The van der Waals surface area contributed by atoms with Crippen LogP contribution in [0.15, 0.2) is 35.3 Å². The molecule has 10 nitrogen and oxygen atoms in total. The van der Waals surface area contributed by atoms with Crippen molar-refractivity contribution >= 4 is 40.1 Å². The Morgan fingerprint density at radius 1 is 1.20 bits per heavy atom. The number of aromatic carboxylic acids is 1. The first-order valence-corrected chi connectivity index (χ1v) is 11.4. The molecular formula is C24H24ClN7O3. The molecule has 35 heavy (non-hydrogen) atoms. The minimum absolute atomic E-state index is 0.0956. The summed E-state index contributed by atoms with van der Waals surface area (Å²) in [4.78, 5) is 36.0. The molecule has 2 N–H and O–H groups in total. The molecule has 0 aliphatic carbocycles. The van der Waals surface area contributed by atoms with E-state index in [0.29, 0.717) is 35.6 Å². The van der Waals surface area contributed by atoms with Crippen LogP contribution in [0.2, 0.25) is 5.15 Å². The maximum Gasteiger partial charge on any atom is 0.356 e. The van der Waals surface area contributed by atoms with Gasteiger partial charge in [0.2, 0.25) is 5.95 Å². The number of aromatic nitrogens is 5. The van der Waals surface area contributed by atoms with Gasteiger partial charge < -0.3 is 15.3 Å². The molecule has 4 aromatic rings. The molecule has 0 saturated carbocycles. The Hall–Kier alpha value is -3.92. The molecule has 4 heterocycles. The maximum absolute atomic E-state index is 13.4. The number of anilines is 2. The fourth-order valence-electron chi connectivity index (χ4n) is 4.61. The van der Waals surface area contributed by atoms with Crippen LogP contribution in [0.1, 0.15) is 45.8 Å². The Morgan fingerprint density at radius 2 is 1.97 bits per heavy atom. The fourth-order valence-corrected chi connectivity index (χ4v) is 4.76. The highest BCUT2D eigenvalue weighted by molar-refractivity contribution is 6.29. The molecule has 0 spiro atoms. The summed E-state index contributed by atoms with van der Waals surface area (Å²) in [7, 11) is 3.63. The number of carboxylic acids is 1. The molecule has 0 unspecified atom stereocenters. The van der Waals surface area contributed by atoms with Crippen LogP contribution < -0.4 is 15.8 Å². The van der Waals surface area contributed by atoms with E-state index < -0.39 is 5.97 Å². The number of halogens is 1. The lowest BCUT2D eigenvalue weighted by atomic mass is 10.0. The van der Waals surface area contributed by atoms with Gasteiger partial charge in [-0.25, -0.2) is 14.8 Å². The zero-order valence-corrected chi connectivity index (χ0v) is 20.5. The highest BCUT2D eigenvalue weighted by Gasteiger charge is 2.27. The largest absolute Gasteiger partial charge is 0.476 e. The second kappa shape index (κ2) is 8.38. The van der Waals surface area contributed by atoms with E-state index in [0.717, 1.165) is 22.4 Å². The van der Waals surface area contributed by atoms with Gasteiger partial charge in [-0.05, 0) is 37.6 Å². The van der Waals surface area contributed by atoms with E-state index >= 15 is 0 Å². The fraction of sp³-hybridized carbons (Fsp3) is 0.292. The molecule has 1 aromatic carbocycles. The quantitative estimate of drug-likeness (QED) is 0.406. The molecule has 0 bridgehead atoms. The number of hydrogen-bond acceptors (Lipinski definition) is 7. The number of nitrogens with one attached hydrogen (secondary N) is 1. The molecule has 5 rings (SSSR count). The third kappa shape index (κ3) is 3.89. The van der Waals surface area contributed by atoms with E-state index in [2.05, 4.69) is 20.3 Å². The van der Waals surface area contributed by atoms with E-state index in [4.69, 9.17) is 16.6 Å². The summed E-state index contributed by atoms with van der Waals surface area (Å²) >= 11 is 5.90. The van der Waals surface area contributed by atoms with Crippen LogP contribution in [0.3, 0.4) is 0 Å². The van der Waals surface area contributed by atoms with Gasteiger partial charge in [-0.3, -0.25) is 14.0 Å². The topological polar surface area (TPSA) is 118 Å². The smallest absolute Gasteiger partial charge is 0.356 e. The number of fused-ring (bicyclic) bond motifs is 2. The van der Waals surface area contributed by atoms with Crippen LogP contribution in [0.25, 0.3) is 10.9 Å². The van der Waals surface area contributed by atoms with E-state index in [9.17, 15) is 14.7 Å². The first-order valence-electron chi connectivity index (χ1n) is 11.1. The van der Waals surface area contributed by atoms with Crippen LogP contribution in [-0.4, -0.2) is 35.4 Å². The molecule has 0 fully saturated rings. The third-order valence-corrected chi connectivity index (χ3v) is 6.58. The summed E-state index contributed by atoms with van der Waals surface area (Å²) in [5.41, 5.74) is 4.47. The molecule has 11 heteroatoms. The minimum Gasteiger partial charge on any atom is -0.476 e. The molecular weight excluding hydrogens is 470 g/mol. The van der Waals surface area contributed by atoms with Crippen LogP contribution in [0.5, 0.6) is 0 Å². The predicted octanol–water partition coefficient (Wildman–Crippen LogP) is 3.42. The molecule has 3 aromatic heterocycles. The van der Waals surface area contributed by atoms with Crippen LogP contribution in [0.4, 0.5) is 11.6 Å². The monoisotopic (exact) mass is 493 g/mol. The molecule has 1 aliphatic rings. The Kier molecular flexibility index (Phi) is 5.47. The molecule has 0 saturated heterocycles. The van der Waals surface area contributed by atoms with Crippen molar-refractivity contribution in [1.82, 2.24) is 24.3 Å². The van der Waals surface area contributed by atoms with Crippen LogP contribution >= 0.6 is 11.6 Å². The van der Waals surface area contributed by atoms with Gasteiger partial charge in [-0.15, -0.1) is 0 Å². The summed E-state index contributed by atoms with van der Waals surface area (Å²) in [5, 5.41) is 17.7. The van der Waals surface area contributed by atoms with Gasteiger partial charge in [-0.2, -0.15) is 5.10 Å². The Balaban J connectivity index is 1.60. The third-order valence-electron chi connectivity index (χ3n) is 6.37. The molecule has 0 radical (unpaired) electrons. The van der Waals surface area contributed by atoms with Gasteiger partial charge in [0.25, 0.3) is 5.56 Å². The molecule has 180 valence electrons. The lowest BCUT2D eigenvalue weighted by Crippen LogP contribution is -2.29.